The van der Waals surface area contributed by atoms with Crippen molar-refractivity contribution in [2.75, 3.05) is 36.4 Å². The topological polar surface area (TPSA) is 121 Å². The van der Waals surface area contributed by atoms with Crippen molar-refractivity contribution in [1.82, 2.24) is 30.7 Å². The van der Waals surface area contributed by atoms with Gasteiger partial charge in [0.25, 0.3) is 0 Å². The maximum atomic E-state index is 12.3. The second kappa shape index (κ2) is 11.4. The number of carbonyl (C=O) groups is 1. The summed E-state index contributed by atoms with van der Waals surface area (Å²) in [7, 11) is 0. The number of anilines is 2. The van der Waals surface area contributed by atoms with E-state index in [0.29, 0.717) is 18.1 Å². The van der Waals surface area contributed by atoms with Gasteiger partial charge in [0.2, 0.25) is 11.0 Å². The van der Waals surface area contributed by atoms with Gasteiger partial charge in [0.05, 0.1) is 30.1 Å². The van der Waals surface area contributed by atoms with Gasteiger partial charge in [0.1, 0.15) is 0 Å². The number of aromatic nitrogens is 5. The highest BCUT2D eigenvalue weighted by Crippen LogP contribution is 2.39. The van der Waals surface area contributed by atoms with Crippen molar-refractivity contribution in [3.8, 4) is 0 Å². The van der Waals surface area contributed by atoms with Gasteiger partial charge in [-0.2, -0.15) is 5.10 Å². The van der Waals surface area contributed by atoms with Gasteiger partial charge in [-0.3, -0.25) is 14.8 Å². The van der Waals surface area contributed by atoms with Crippen molar-refractivity contribution < 1.29 is 4.79 Å². The number of dihydropyridines is 1. The van der Waals surface area contributed by atoms with Crippen molar-refractivity contribution in [1.29, 1.82) is 0 Å². The molecule has 3 aliphatic rings. The van der Waals surface area contributed by atoms with Crippen LogP contribution in [0.3, 0.4) is 0 Å². The minimum atomic E-state index is -0.169. The lowest BCUT2D eigenvalue weighted by Gasteiger charge is -2.14. The Bertz CT molecular complexity index is 1400. The molecule has 1 saturated heterocycles. The number of hydrogen-bond donors (Lipinski definition) is 2. The maximum Gasteiger partial charge on any atom is 0.231 e. The van der Waals surface area contributed by atoms with Crippen LogP contribution in [0.15, 0.2) is 59.7 Å². The van der Waals surface area contributed by atoms with Crippen molar-refractivity contribution in [2.45, 2.75) is 38.0 Å². The van der Waals surface area contributed by atoms with Gasteiger partial charge >= 0.3 is 0 Å². The largest absolute Gasteiger partial charge is 0.377 e. The Kier molecular flexibility index (Phi) is 7.40. The minimum absolute atomic E-state index is 0.169. The third-order valence-electron chi connectivity index (χ3n) is 7.22. The van der Waals surface area contributed by atoms with Crippen LogP contribution < -0.4 is 15.5 Å². The Morgan fingerprint density at radius 1 is 1.08 bits per heavy atom. The third kappa shape index (κ3) is 6.36. The van der Waals surface area contributed by atoms with Crippen molar-refractivity contribution in [3.63, 3.8) is 0 Å². The van der Waals surface area contributed by atoms with Crippen LogP contribution in [-0.4, -0.2) is 63.2 Å². The average Bonchev–Trinajstić information content (AvgIpc) is 3.48. The first-order valence-corrected chi connectivity index (χ1v) is 14.2. The second-order valence-corrected chi connectivity index (χ2v) is 11.1. The summed E-state index contributed by atoms with van der Waals surface area (Å²) < 4.78 is 0. The summed E-state index contributed by atoms with van der Waals surface area (Å²) >= 11 is 1.55. The first-order chi connectivity index (χ1) is 19.1. The van der Waals surface area contributed by atoms with E-state index in [1.165, 1.54) is 12.8 Å². The van der Waals surface area contributed by atoms with Crippen LogP contribution >= 0.6 is 11.3 Å². The highest BCUT2D eigenvalue weighted by molar-refractivity contribution is 7.16. The molecule has 10 nitrogen and oxygen atoms in total. The molecule has 5 heterocycles. The first-order valence-electron chi connectivity index (χ1n) is 13.4. The van der Waals surface area contributed by atoms with Gasteiger partial charge < -0.3 is 15.5 Å². The van der Waals surface area contributed by atoms with Gasteiger partial charge in [-0.1, -0.05) is 29.6 Å². The molecule has 0 bridgehead atoms. The lowest BCUT2D eigenvalue weighted by Crippen LogP contribution is -2.22. The number of aliphatic imine (C=N–C) groups is 1. The van der Waals surface area contributed by atoms with Crippen molar-refractivity contribution in [3.05, 3.63) is 71.2 Å². The molecular formula is C28H31N9OS. The Morgan fingerprint density at radius 3 is 2.79 bits per heavy atom. The molecule has 2 fully saturated rings. The van der Waals surface area contributed by atoms with Crippen molar-refractivity contribution in [2.24, 2.45) is 10.9 Å². The number of rotatable bonds is 10. The van der Waals surface area contributed by atoms with Gasteiger partial charge in [-0.15, -0.1) is 15.3 Å². The van der Waals surface area contributed by atoms with Crippen LogP contribution in [0.1, 0.15) is 48.0 Å². The Labute approximate surface area is 231 Å². The highest BCUT2D eigenvalue weighted by Gasteiger charge is 2.28. The Balaban J connectivity index is 0.992. The first kappa shape index (κ1) is 25.3. The Hall–Kier alpha value is -3.99. The zero-order chi connectivity index (χ0) is 26.6. The SMILES string of the molecule is C=C(NCC1=NCCC(C2CC2)=C1)c1nnc(N2CCC(c3ccc(NC(=O)Cc4ccccn4)nn3)C2)s1. The molecule has 2 aliphatic heterocycles. The summed E-state index contributed by atoms with van der Waals surface area (Å²) in [6.45, 7) is 7.39. The second-order valence-electron chi connectivity index (χ2n) is 10.2. The number of nitrogens with zero attached hydrogens (tertiary/aromatic N) is 7. The zero-order valence-corrected chi connectivity index (χ0v) is 22.5. The highest BCUT2D eigenvalue weighted by atomic mass is 32.1. The van der Waals surface area contributed by atoms with E-state index in [2.05, 4.69) is 58.6 Å². The summed E-state index contributed by atoms with van der Waals surface area (Å²) in [5.41, 5.74) is 5.04. The monoisotopic (exact) mass is 541 g/mol. The van der Waals surface area contributed by atoms with E-state index in [1.807, 2.05) is 24.3 Å². The van der Waals surface area contributed by atoms with E-state index in [0.717, 1.165) is 65.6 Å². The minimum Gasteiger partial charge on any atom is -0.377 e. The summed E-state index contributed by atoms with van der Waals surface area (Å²) in [6.07, 6.45) is 8.84. The summed E-state index contributed by atoms with van der Waals surface area (Å²) in [4.78, 5) is 23.4. The molecule has 6 rings (SSSR count). The van der Waals surface area contributed by atoms with E-state index in [-0.39, 0.29) is 18.2 Å². The van der Waals surface area contributed by atoms with Gasteiger partial charge in [0.15, 0.2) is 10.8 Å². The van der Waals surface area contributed by atoms with Crippen LogP contribution in [0.25, 0.3) is 5.70 Å². The van der Waals surface area contributed by atoms with Crippen LogP contribution in [0.4, 0.5) is 10.9 Å². The van der Waals surface area contributed by atoms with E-state index < -0.39 is 0 Å². The normalized spacial score (nSPS) is 18.9. The molecule has 1 saturated carbocycles. The quantitative estimate of drug-likeness (QED) is 0.399. The van der Waals surface area contributed by atoms with Gasteiger partial charge in [0, 0.05) is 37.4 Å². The lowest BCUT2D eigenvalue weighted by molar-refractivity contribution is -0.115. The molecule has 1 amide bonds. The van der Waals surface area contributed by atoms with Crippen LogP contribution in [0.5, 0.6) is 0 Å². The molecule has 1 unspecified atom stereocenters. The van der Waals surface area contributed by atoms with Crippen LogP contribution in [0.2, 0.25) is 0 Å². The molecule has 1 aliphatic carbocycles. The van der Waals surface area contributed by atoms with Crippen LogP contribution in [0, 0.1) is 5.92 Å². The smallest absolute Gasteiger partial charge is 0.231 e. The summed E-state index contributed by atoms with van der Waals surface area (Å²) in [6, 6.07) is 9.25. The molecule has 200 valence electrons. The number of pyridine rings is 1. The molecule has 3 aromatic rings. The zero-order valence-electron chi connectivity index (χ0n) is 21.7. The predicted molar refractivity (Wildman–Crippen MR) is 153 cm³/mol. The molecule has 2 N–H and O–H groups in total. The molecule has 11 heteroatoms. The summed E-state index contributed by atoms with van der Waals surface area (Å²) in [5, 5.41) is 25.3. The maximum absolute atomic E-state index is 12.3. The van der Waals surface area contributed by atoms with E-state index in [9.17, 15) is 4.79 Å². The number of amides is 1. The summed E-state index contributed by atoms with van der Waals surface area (Å²) in [5.74, 6) is 1.30. The predicted octanol–water partition coefficient (Wildman–Crippen LogP) is 3.64. The van der Waals surface area contributed by atoms with E-state index in [4.69, 9.17) is 0 Å². The average molecular weight is 542 g/mol. The fourth-order valence-corrected chi connectivity index (χ4v) is 5.76. The van der Waals surface area contributed by atoms with Crippen molar-refractivity contribution >= 4 is 39.6 Å². The number of nitrogens with one attached hydrogen (secondary N) is 2. The molecule has 39 heavy (non-hydrogen) atoms. The molecule has 0 radical (unpaired) electrons. The lowest BCUT2D eigenvalue weighted by atomic mass is 10.0. The van der Waals surface area contributed by atoms with Gasteiger partial charge in [-0.25, -0.2) is 0 Å². The molecule has 1 atom stereocenters. The Morgan fingerprint density at radius 2 is 2.00 bits per heavy atom. The van der Waals surface area contributed by atoms with Gasteiger partial charge in [-0.05, 0) is 61.9 Å². The standard InChI is InChI=1S/C28H31N9OS/c1-18(31-16-23-14-20(9-12-30-23)19-5-6-19)27-35-36-28(39-27)37-13-10-21(17-37)24-7-8-25(34-33-24)32-26(38)15-22-4-2-3-11-29-22/h2-4,7-8,11,14,19,21,31H,1,5-6,9-10,12-13,15-17H2,(H,32,34,38). The van der Waals surface area contributed by atoms with E-state index >= 15 is 0 Å². The fraction of sp³-hybridized carbons (Fsp3) is 0.393. The third-order valence-corrected chi connectivity index (χ3v) is 8.27. The molecular weight excluding hydrogens is 510 g/mol. The molecule has 0 spiro atoms. The number of hydrogen-bond acceptors (Lipinski definition) is 10. The number of carbonyl (C=O) groups excluding carboxylic acids is 1. The van der Waals surface area contributed by atoms with Crippen LogP contribution in [-0.2, 0) is 11.2 Å². The van der Waals surface area contributed by atoms with E-state index in [1.54, 1.807) is 29.2 Å². The molecule has 3 aromatic heterocycles. The molecule has 0 aromatic carbocycles. The fourth-order valence-electron chi connectivity index (χ4n) is 4.94.